The van der Waals surface area contributed by atoms with Crippen LogP contribution < -0.4 is 0 Å². The van der Waals surface area contributed by atoms with Gasteiger partial charge in [0.15, 0.2) is 0 Å². The highest BCUT2D eigenvalue weighted by atomic mass is 16.6. The second kappa shape index (κ2) is 5.18. The molecule has 0 aromatic heterocycles. The van der Waals surface area contributed by atoms with Gasteiger partial charge >= 0.3 is 0 Å². The molecule has 23 heavy (non-hydrogen) atoms. The summed E-state index contributed by atoms with van der Waals surface area (Å²) in [7, 11) is 0. The lowest BCUT2D eigenvalue weighted by Crippen LogP contribution is -1.98. The third-order valence-electron chi connectivity index (χ3n) is 3.94. The van der Waals surface area contributed by atoms with E-state index >= 15 is 0 Å². The van der Waals surface area contributed by atoms with Gasteiger partial charge in [-0.15, -0.1) is 0 Å². The molecule has 0 spiro atoms. The van der Waals surface area contributed by atoms with Gasteiger partial charge in [-0.2, -0.15) is 0 Å². The van der Waals surface area contributed by atoms with Crippen LogP contribution in [0.25, 0.3) is 11.1 Å². The summed E-state index contributed by atoms with van der Waals surface area (Å²) in [5.41, 5.74) is 5.56. The van der Waals surface area contributed by atoms with E-state index in [-0.39, 0.29) is 10.6 Å². The van der Waals surface area contributed by atoms with Gasteiger partial charge in [-0.05, 0) is 29.3 Å². The maximum absolute atomic E-state index is 11.1. The first-order valence-corrected chi connectivity index (χ1v) is 7.26. The number of hydrogen-bond donors (Lipinski definition) is 0. The molecule has 1 aliphatic rings. The minimum atomic E-state index is -0.372. The van der Waals surface area contributed by atoms with Gasteiger partial charge in [0.2, 0.25) is 0 Å². The van der Waals surface area contributed by atoms with Gasteiger partial charge in [-0.25, -0.2) is 4.99 Å². The van der Waals surface area contributed by atoms with E-state index in [0.717, 1.165) is 33.7 Å². The molecule has 110 valence electrons. The first kappa shape index (κ1) is 13.4. The summed E-state index contributed by atoms with van der Waals surface area (Å²) in [6.07, 6.45) is 0. The number of nitro groups is 1. The van der Waals surface area contributed by atoms with Crippen molar-refractivity contribution in [3.8, 4) is 11.1 Å². The normalized spacial score (nSPS) is 13.7. The van der Waals surface area contributed by atoms with Crippen molar-refractivity contribution in [3.05, 3.63) is 94.0 Å². The number of benzene rings is 3. The van der Waals surface area contributed by atoms with Gasteiger partial charge in [0, 0.05) is 23.3 Å². The summed E-state index contributed by atoms with van der Waals surface area (Å²) in [5, 5.41) is 11.1. The summed E-state index contributed by atoms with van der Waals surface area (Å²) in [6, 6.07) is 22.5. The molecule has 4 nitrogen and oxygen atoms in total. The molecule has 4 heteroatoms. The molecule has 0 N–H and O–H groups in total. The Morgan fingerprint density at radius 3 is 2.13 bits per heavy atom. The van der Waals surface area contributed by atoms with Crippen LogP contribution in [-0.4, -0.2) is 10.6 Å². The summed E-state index contributed by atoms with van der Waals surface area (Å²) in [5.74, 6) is 0. The van der Waals surface area contributed by atoms with Crippen LogP contribution in [0.1, 0.15) is 11.1 Å². The Bertz CT molecular complexity index is 947. The van der Waals surface area contributed by atoms with Gasteiger partial charge < -0.3 is 0 Å². The highest BCUT2D eigenvalue weighted by Gasteiger charge is 2.26. The maximum atomic E-state index is 11.1. The first-order chi connectivity index (χ1) is 11.2. The number of hydrogen-bond acceptors (Lipinski definition) is 3. The number of nitro benzene ring substituents is 1. The van der Waals surface area contributed by atoms with Crippen LogP contribution in [0.2, 0.25) is 0 Å². The number of non-ortho nitro benzene ring substituents is 1. The molecule has 0 atom stereocenters. The molecule has 0 bridgehead atoms. The fourth-order valence-electron chi connectivity index (χ4n) is 2.90. The van der Waals surface area contributed by atoms with Crippen LogP contribution in [0.3, 0.4) is 0 Å². The lowest BCUT2D eigenvalue weighted by molar-refractivity contribution is -0.384. The van der Waals surface area contributed by atoms with E-state index in [2.05, 4.69) is 0 Å². The van der Waals surface area contributed by atoms with Crippen LogP contribution in [0.15, 0.2) is 77.8 Å². The summed E-state index contributed by atoms with van der Waals surface area (Å²) < 4.78 is 0. The molecule has 1 aliphatic carbocycles. The number of aliphatic imine (C=N–C) groups is 1. The lowest BCUT2D eigenvalue weighted by atomic mass is 10.1. The molecule has 3 aromatic carbocycles. The quantitative estimate of drug-likeness (QED) is 0.396. The van der Waals surface area contributed by atoms with E-state index in [1.54, 1.807) is 18.2 Å². The molecular weight excluding hydrogens is 288 g/mol. The van der Waals surface area contributed by atoms with Crippen LogP contribution in [-0.2, 0) is 0 Å². The molecule has 0 saturated heterocycles. The van der Waals surface area contributed by atoms with Gasteiger partial charge in [0.05, 0.1) is 16.3 Å². The summed E-state index contributed by atoms with van der Waals surface area (Å²) in [4.78, 5) is 15.5. The summed E-state index contributed by atoms with van der Waals surface area (Å²) >= 11 is 0. The molecule has 0 unspecified atom stereocenters. The van der Waals surface area contributed by atoms with Crippen molar-refractivity contribution in [2.24, 2.45) is 4.99 Å². The van der Waals surface area contributed by atoms with Crippen molar-refractivity contribution in [2.45, 2.75) is 0 Å². The molecule has 0 saturated carbocycles. The molecule has 0 radical (unpaired) electrons. The number of nitrogens with zero attached hydrogens (tertiary/aromatic N) is 2. The average Bonchev–Trinajstić information content (AvgIpc) is 2.90. The minimum Gasteiger partial charge on any atom is -0.258 e. The Kier molecular flexibility index (Phi) is 3.01. The highest BCUT2D eigenvalue weighted by molar-refractivity contribution is 6.25. The minimum absolute atomic E-state index is 0.0808. The fourth-order valence-corrected chi connectivity index (χ4v) is 2.90. The highest BCUT2D eigenvalue weighted by Crippen LogP contribution is 2.39. The second-order valence-corrected chi connectivity index (χ2v) is 5.33. The van der Waals surface area contributed by atoms with Crippen molar-refractivity contribution in [1.29, 1.82) is 0 Å². The van der Waals surface area contributed by atoms with Crippen LogP contribution in [0, 0.1) is 10.1 Å². The van der Waals surface area contributed by atoms with E-state index in [9.17, 15) is 10.1 Å². The SMILES string of the molecule is O=[N+]([O-])c1ccc2c(c1)/C(=N/c1ccccc1)c1ccccc1-2. The predicted octanol–water partition coefficient (Wildman–Crippen LogP) is 4.74. The molecule has 0 amide bonds. The van der Waals surface area contributed by atoms with Crippen LogP contribution >= 0.6 is 0 Å². The topological polar surface area (TPSA) is 55.5 Å². The van der Waals surface area contributed by atoms with Crippen molar-refractivity contribution in [2.75, 3.05) is 0 Å². The zero-order chi connectivity index (χ0) is 15.8. The molecule has 3 aromatic rings. The van der Waals surface area contributed by atoms with E-state index in [1.165, 1.54) is 0 Å². The van der Waals surface area contributed by atoms with E-state index in [0.29, 0.717) is 0 Å². The van der Waals surface area contributed by atoms with Gasteiger partial charge in [-0.1, -0.05) is 42.5 Å². The third kappa shape index (κ3) is 2.21. The standard InChI is InChI=1S/C19H12N2O2/c22-21(23)14-10-11-16-15-8-4-5-9-17(15)19(18(16)12-14)20-13-6-2-1-3-7-13/h1-12H/b20-19+. The zero-order valence-electron chi connectivity index (χ0n) is 12.1. The van der Waals surface area contributed by atoms with E-state index in [4.69, 9.17) is 4.99 Å². The largest absolute Gasteiger partial charge is 0.270 e. The Morgan fingerprint density at radius 2 is 1.39 bits per heavy atom. The fraction of sp³-hybridized carbons (Fsp3) is 0. The molecular formula is C19H12N2O2. The van der Waals surface area contributed by atoms with Crippen molar-refractivity contribution in [3.63, 3.8) is 0 Å². The van der Waals surface area contributed by atoms with Gasteiger partial charge in [0.25, 0.3) is 5.69 Å². The maximum Gasteiger partial charge on any atom is 0.270 e. The number of rotatable bonds is 2. The van der Waals surface area contributed by atoms with Crippen molar-refractivity contribution in [1.82, 2.24) is 0 Å². The lowest BCUT2D eigenvalue weighted by Gasteiger charge is -2.02. The third-order valence-corrected chi connectivity index (χ3v) is 3.94. The Hall–Kier alpha value is -3.27. The molecule has 0 aliphatic heterocycles. The number of para-hydroxylation sites is 1. The molecule has 4 rings (SSSR count). The van der Waals surface area contributed by atoms with E-state index in [1.807, 2.05) is 54.6 Å². The second-order valence-electron chi connectivity index (χ2n) is 5.33. The predicted molar refractivity (Wildman–Crippen MR) is 90.3 cm³/mol. The van der Waals surface area contributed by atoms with Crippen LogP contribution in [0.5, 0.6) is 0 Å². The smallest absolute Gasteiger partial charge is 0.258 e. The first-order valence-electron chi connectivity index (χ1n) is 7.26. The Labute approximate surface area is 132 Å². The molecule has 0 heterocycles. The van der Waals surface area contributed by atoms with Crippen LogP contribution in [0.4, 0.5) is 11.4 Å². The Morgan fingerprint density at radius 1 is 0.739 bits per heavy atom. The zero-order valence-corrected chi connectivity index (χ0v) is 12.1. The van der Waals surface area contributed by atoms with Crippen molar-refractivity contribution < 1.29 is 4.92 Å². The monoisotopic (exact) mass is 300 g/mol. The van der Waals surface area contributed by atoms with E-state index < -0.39 is 0 Å². The van der Waals surface area contributed by atoms with Gasteiger partial charge in [0.1, 0.15) is 0 Å². The Balaban J connectivity index is 1.98. The molecule has 0 fully saturated rings. The van der Waals surface area contributed by atoms with Crippen molar-refractivity contribution >= 4 is 17.1 Å². The average molecular weight is 300 g/mol. The van der Waals surface area contributed by atoms with Gasteiger partial charge in [-0.3, -0.25) is 10.1 Å². The number of fused-ring (bicyclic) bond motifs is 3. The summed E-state index contributed by atoms with van der Waals surface area (Å²) in [6.45, 7) is 0.